The highest BCUT2D eigenvalue weighted by molar-refractivity contribution is 8.01. The zero-order valence-corrected chi connectivity index (χ0v) is 14.8. The fraction of sp³-hybridized carbons (Fsp3) is 0.389. The van der Waals surface area contributed by atoms with E-state index in [0.29, 0.717) is 6.54 Å². The lowest BCUT2D eigenvalue weighted by atomic mass is 10.2. The van der Waals surface area contributed by atoms with Gasteiger partial charge in [-0.05, 0) is 25.0 Å². The first-order chi connectivity index (χ1) is 12.1. The molecule has 1 N–H and O–H groups in total. The number of imidazole rings is 1. The molecule has 130 valence electrons. The number of hydrogen-bond acceptors (Lipinski definition) is 4. The van der Waals surface area contributed by atoms with E-state index in [1.54, 1.807) is 6.20 Å². The molecule has 2 amide bonds. The van der Waals surface area contributed by atoms with E-state index >= 15 is 0 Å². The van der Waals surface area contributed by atoms with Gasteiger partial charge in [-0.15, -0.1) is 11.8 Å². The maximum Gasteiger partial charge on any atom is 0.238 e. The Hall–Kier alpha value is -2.28. The Morgan fingerprint density at radius 3 is 2.92 bits per heavy atom. The molecule has 1 fully saturated rings. The molecule has 2 aliphatic rings. The molecule has 1 saturated carbocycles. The molecule has 2 heterocycles. The smallest absolute Gasteiger partial charge is 0.238 e. The van der Waals surface area contributed by atoms with Crippen molar-refractivity contribution in [3.63, 3.8) is 0 Å². The van der Waals surface area contributed by atoms with Gasteiger partial charge in [0.1, 0.15) is 5.82 Å². The number of amides is 2. The van der Waals surface area contributed by atoms with E-state index in [-0.39, 0.29) is 29.5 Å². The van der Waals surface area contributed by atoms with Crippen LogP contribution in [0.2, 0.25) is 0 Å². The van der Waals surface area contributed by atoms with Crippen molar-refractivity contribution in [2.45, 2.75) is 42.0 Å². The summed E-state index contributed by atoms with van der Waals surface area (Å²) < 4.78 is 1.93. The fourth-order valence-corrected chi connectivity index (χ4v) is 4.11. The highest BCUT2D eigenvalue weighted by Gasteiger charge is 2.36. The number of aryl methyl sites for hydroxylation is 1. The zero-order valence-electron chi connectivity index (χ0n) is 14.0. The van der Waals surface area contributed by atoms with Gasteiger partial charge in [0.05, 0.1) is 17.5 Å². The number of rotatable bonds is 5. The minimum absolute atomic E-state index is 0.0255. The SMILES string of the molecule is Cn1ccnc1CN(C(=O)C[C@@H]1Sc2ccccc2NC1=O)C1CC1. The van der Waals surface area contributed by atoms with Gasteiger partial charge in [-0.25, -0.2) is 4.98 Å². The Kier molecular flexibility index (Phi) is 4.25. The Bertz CT molecular complexity index is 815. The van der Waals surface area contributed by atoms with Gasteiger partial charge in [0.25, 0.3) is 0 Å². The van der Waals surface area contributed by atoms with E-state index in [0.717, 1.165) is 29.2 Å². The van der Waals surface area contributed by atoms with Gasteiger partial charge in [-0.1, -0.05) is 12.1 Å². The van der Waals surface area contributed by atoms with Crippen LogP contribution in [0.25, 0.3) is 0 Å². The van der Waals surface area contributed by atoms with Crippen molar-refractivity contribution in [3.8, 4) is 0 Å². The highest BCUT2D eigenvalue weighted by Crippen LogP contribution is 2.37. The number of carbonyl (C=O) groups is 2. The van der Waals surface area contributed by atoms with E-state index in [1.807, 2.05) is 47.0 Å². The lowest BCUT2D eigenvalue weighted by Gasteiger charge is -2.27. The van der Waals surface area contributed by atoms with Crippen molar-refractivity contribution in [1.82, 2.24) is 14.5 Å². The van der Waals surface area contributed by atoms with Gasteiger partial charge in [0.2, 0.25) is 11.8 Å². The van der Waals surface area contributed by atoms with Crippen LogP contribution in [0.5, 0.6) is 0 Å². The summed E-state index contributed by atoms with van der Waals surface area (Å²) in [6, 6.07) is 7.99. The van der Waals surface area contributed by atoms with Crippen LogP contribution in [0.15, 0.2) is 41.6 Å². The van der Waals surface area contributed by atoms with E-state index in [4.69, 9.17) is 0 Å². The third kappa shape index (κ3) is 3.42. The molecular formula is C18H20N4O2S. The molecule has 1 aromatic heterocycles. The number of fused-ring (bicyclic) bond motifs is 1. The zero-order chi connectivity index (χ0) is 17.4. The predicted molar refractivity (Wildman–Crippen MR) is 96.1 cm³/mol. The average molecular weight is 356 g/mol. The molecule has 1 aliphatic carbocycles. The van der Waals surface area contributed by atoms with Gasteiger partial charge in [0.15, 0.2) is 0 Å². The number of thioether (sulfide) groups is 1. The monoisotopic (exact) mass is 356 g/mol. The summed E-state index contributed by atoms with van der Waals surface area (Å²) in [5.41, 5.74) is 0.827. The Morgan fingerprint density at radius 2 is 2.20 bits per heavy atom. The van der Waals surface area contributed by atoms with Gasteiger partial charge < -0.3 is 14.8 Å². The number of para-hydroxylation sites is 1. The summed E-state index contributed by atoms with van der Waals surface area (Å²) in [4.78, 5) is 32.5. The molecule has 7 heteroatoms. The lowest BCUT2D eigenvalue weighted by molar-refractivity contribution is -0.133. The van der Waals surface area contributed by atoms with Crippen LogP contribution in [-0.4, -0.2) is 37.6 Å². The Labute approximate surface area is 150 Å². The average Bonchev–Trinajstić information content (AvgIpc) is 3.36. The first kappa shape index (κ1) is 16.2. The van der Waals surface area contributed by atoms with Crippen molar-refractivity contribution in [2.24, 2.45) is 7.05 Å². The molecule has 2 aromatic rings. The summed E-state index contributed by atoms with van der Waals surface area (Å²) in [6.07, 6.45) is 5.90. The molecule has 1 atom stereocenters. The van der Waals surface area contributed by atoms with E-state index in [1.165, 1.54) is 11.8 Å². The summed E-state index contributed by atoms with van der Waals surface area (Å²) in [5, 5.41) is 2.52. The van der Waals surface area contributed by atoms with Crippen LogP contribution < -0.4 is 5.32 Å². The topological polar surface area (TPSA) is 67.2 Å². The van der Waals surface area contributed by atoms with E-state index in [9.17, 15) is 9.59 Å². The number of aromatic nitrogens is 2. The number of benzene rings is 1. The van der Waals surface area contributed by atoms with Gasteiger partial charge in [0, 0.05) is 36.8 Å². The van der Waals surface area contributed by atoms with Crippen LogP contribution in [0.3, 0.4) is 0 Å². The van der Waals surface area contributed by atoms with Crippen LogP contribution in [0, 0.1) is 0 Å². The normalized spacial score (nSPS) is 19.2. The number of hydrogen-bond donors (Lipinski definition) is 1. The molecule has 25 heavy (non-hydrogen) atoms. The standard InChI is InChI=1S/C18H20N4O2S/c1-21-9-8-19-16(21)11-22(12-6-7-12)17(23)10-15-18(24)20-13-4-2-3-5-14(13)25-15/h2-5,8-9,12,15H,6-7,10-11H2,1H3,(H,20,24)/t15-/m0/s1. The van der Waals surface area contributed by atoms with E-state index < -0.39 is 0 Å². The second-order valence-electron chi connectivity index (χ2n) is 6.50. The highest BCUT2D eigenvalue weighted by atomic mass is 32.2. The fourth-order valence-electron chi connectivity index (χ4n) is 3.01. The maximum atomic E-state index is 12.9. The molecule has 0 radical (unpaired) electrons. The second kappa shape index (κ2) is 6.55. The minimum atomic E-state index is -0.384. The number of anilines is 1. The van der Waals surface area contributed by atoms with Crippen molar-refractivity contribution >= 4 is 29.3 Å². The Morgan fingerprint density at radius 1 is 1.40 bits per heavy atom. The molecular weight excluding hydrogens is 336 g/mol. The largest absolute Gasteiger partial charge is 0.337 e. The summed E-state index contributed by atoms with van der Waals surface area (Å²) in [6.45, 7) is 0.503. The van der Waals surface area contributed by atoms with Gasteiger partial charge >= 0.3 is 0 Å². The van der Waals surface area contributed by atoms with Crippen molar-refractivity contribution < 1.29 is 9.59 Å². The van der Waals surface area contributed by atoms with Crippen LogP contribution in [-0.2, 0) is 23.2 Å². The van der Waals surface area contributed by atoms with Crippen LogP contribution >= 0.6 is 11.8 Å². The molecule has 1 aliphatic heterocycles. The van der Waals surface area contributed by atoms with Gasteiger partial charge in [-0.3, -0.25) is 9.59 Å². The van der Waals surface area contributed by atoms with Crippen molar-refractivity contribution in [1.29, 1.82) is 0 Å². The first-order valence-electron chi connectivity index (χ1n) is 8.44. The number of nitrogens with one attached hydrogen (secondary N) is 1. The molecule has 0 saturated heterocycles. The summed E-state index contributed by atoms with van der Waals surface area (Å²) in [5.74, 6) is 0.800. The second-order valence-corrected chi connectivity index (χ2v) is 7.75. The predicted octanol–water partition coefficient (Wildman–Crippen LogP) is 2.41. The quantitative estimate of drug-likeness (QED) is 0.893. The van der Waals surface area contributed by atoms with Crippen LogP contribution in [0.4, 0.5) is 5.69 Å². The molecule has 0 spiro atoms. The van der Waals surface area contributed by atoms with Crippen LogP contribution in [0.1, 0.15) is 25.1 Å². The number of nitrogens with zero attached hydrogens (tertiary/aromatic N) is 3. The third-order valence-electron chi connectivity index (χ3n) is 4.61. The van der Waals surface area contributed by atoms with Crippen molar-refractivity contribution in [2.75, 3.05) is 5.32 Å². The lowest BCUT2D eigenvalue weighted by Crippen LogP contribution is -2.38. The van der Waals surface area contributed by atoms with E-state index in [2.05, 4.69) is 10.3 Å². The summed E-state index contributed by atoms with van der Waals surface area (Å²) in [7, 11) is 1.93. The first-order valence-corrected chi connectivity index (χ1v) is 9.32. The maximum absolute atomic E-state index is 12.9. The molecule has 0 bridgehead atoms. The third-order valence-corrected chi connectivity index (χ3v) is 5.88. The minimum Gasteiger partial charge on any atom is -0.337 e. The molecule has 4 rings (SSSR count). The summed E-state index contributed by atoms with van der Waals surface area (Å²) >= 11 is 1.47. The number of carbonyl (C=O) groups excluding carboxylic acids is 2. The molecule has 0 unspecified atom stereocenters. The molecule has 6 nitrogen and oxygen atoms in total. The van der Waals surface area contributed by atoms with Gasteiger partial charge in [-0.2, -0.15) is 0 Å². The van der Waals surface area contributed by atoms with Crippen molar-refractivity contribution in [3.05, 3.63) is 42.5 Å². The Balaban J connectivity index is 1.46. The molecule has 1 aromatic carbocycles.